The van der Waals surface area contributed by atoms with E-state index in [0.29, 0.717) is 29.4 Å². The van der Waals surface area contributed by atoms with Gasteiger partial charge in [-0.2, -0.15) is 0 Å². The molecule has 5 nitrogen and oxygen atoms in total. The van der Waals surface area contributed by atoms with Gasteiger partial charge in [0.25, 0.3) is 0 Å². The van der Waals surface area contributed by atoms with Crippen LogP contribution in [0.5, 0.6) is 17.2 Å². The minimum atomic E-state index is -1.02. The van der Waals surface area contributed by atoms with Crippen LogP contribution in [-0.2, 0) is 11.4 Å². The van der Waals surface area contributed by atoms with E-state index in [9.17, 15) is 4.79 Å². The van der Waals surface area contributed by atoms with Gasteiger partial charge < -0.3 is 19.3 Å². The van der Waals surface area contributed by atoms with E-state index in [1.807, 2.05) is 24.3 Å². The number of rotatable bonds is 7. The summed E-state index contributed by atoms with van der Waals surface area (Å²) in [4.78, 5) is 10.7. The quantitative estimate of drug-likeness (QED) is 0.717. The van der Waals surface area contributed by atoms with Crippen LogP contribution in [0.15, 0.2) is 46.9 Å². The van der Waals surface area contributed by atoms with Gasteiger partial charge in [-0.3, -0.25) is 0 Å². The second-order valence-electron chi connectivity index (χ2n) is 4.84. The summed E-state index contributed by atoms with van der Waals surface area (Å²) in [6, 6.07) is 11.2. The molecule has 0 fully saturated rings. The van der Waals surface area contributed by atoms with E-state index in [1.165, 1.54) is 20.3 Å². The van der Waals surface area contributed by atoms with Crippen molar-refractivity contribution in [1.82, 2.24) is 0 Å². The summed E-state index contributed by atoms with van der Waals surface area (Å²) in [6.45, 7) is 0.351. The Labute approximate surface area is 148 Å². The Kier molecular flexibility index (Phi) is 6.26. The molecule has 0 aromatic heterocycles. The van der Waals surface area contributed by atoms with E-state index >= 15 is 0 Å². The number of carboxylic acid groups (broad SMARTS) is 1. The summed E-state index contributed by atoms with van der Waals surface area (Å²) in [7, 11) is 3.04. The van der Waals surface area contributed by atoms with Crippen LogP contribution in [0, 0.1) is 0 Å². The van der Waals surface area contributed by atoms with E-state index in [0.717, 1.165) is 16.1 Å². The molecule has 126 valence electrons. The second kappa shape index (κ2) is 8.40. The highest BCUT2D eigenvalue weighted by molar-refractivity contribution is 9.10. The molecule has 24 heavy (non-hydrogen) atoms. The van der Waals surface area contributed by atoms with Crippen molar-refractivity contribution in [3.05, 3.63) is 58.1 Å². The predicted molar refractivity (Wildman–Crippen MR) is 94.7 cm³/mol. The lowest BCUT2D eigenvalue weighted by Gasteiger charge is -2.15. The Morgan fingerprint density at radius 3 is 2.21 bits per heavy atom. The largest absolute Gasteiger partial charge is 0.493 e. The summed E-state index contributed by atoms with van der Waals surface area (Å²) in [6.07, 6.45) is 2.52. The molecule has 2 aromatic rings. The monoisotopic (exact) mass is 392 g/mol. The molecular formula is C18H17BrO5. The molecule has 0 amide bonds. The predicted octanol–water partition coefficient (Wildman–Crippen LogP) is 4.14. The van der Waals surface area contributed by atoms with Gasteiger partial charge >= 0.3 is 5.97 Å². The first kappa shape index (κ1) is 17.9. The smallest absolute Gasteiger partial charge is 0.328 e. The lowest BCUT2D eigenvalue weighted by atomic mass is 10.1. The molecule has 2 aromatic carbocycles. The Bertz CT molecular complexity index is 713. The molecule has 0 aliphatic heterocycles. The number of carboxylic acids is 1. The number of ether oxygens (including phenoxy) is 3. The summed E-state index contributed by atoms with van der Waals surface area (Å²) in [5, 5.41) is 8.73. The summed E-state index contributed by atoms with van der Waals surface area (Å²) in [5.74, 6) is 0.381. The molecular weight excluding hydrogens is 376 g/mol. The van der Waals surface area contributed by atoms with Crippen molar-refractivity contribution in [2.75, 3.05) is 14.2 Å². The van der Waals surface area contributed by atoms with E-state index in [1.54, 1.807) is 12.1 Å². The molecule has 0 aliphatic rings. The van der Waals surface area contributed by atoms with Gasteiger partial charge in [0.2, 0.25) is 5.75 Å². The Morgan fingerprint density at radius 1 is 1.12 bits per heavy atom. The average Bonchev–Trinajstić information content (AvgIpc) is 2.59. The molecule has 0 saturated heterocycles. The molecule has 2 rings (SSSR count). The van der Waals surface area contributed by atoms with Crippen molar-refractivity contribution in [2.24, 2.45) is 0 Å². The van der Waals surface area contributed by atoms with E-state index in [2.05, 4.69) is 15.9 Å². The Morgan fingerprint density at radius 2 is 1.71 bits per heavy atom. The first-order chi connectivity index (χ1) is 11.5. The molecule has 0 unspecified atom stereocenters. The number of carbonyl (C=O) groups is 1. The van der Waals surface area contributed by atoms with E-state index < -0.39 is 5.97 Å². The standard InChI is InChI=1S/C18H17BrO5/c1-22-15-9-13(5-8-17(20)21)10-16(23-2)18(15)24-11-12-3-6-14(19)7-4-12/h3-10H,11H2,1-2H3,(H,20,21). The third-order valence-corrected chi connectivity index (χ3v) is 3.73. The number of hydrogen-bond donors (Lipinski definition) is 1. The Hall–Kier alpha value is -2.47. The molecule has 1 N–H and O–H groups in total. The lowest BCUT2D eigenvalue weighted by Crippen LogP contribution is -2.00. The van der Waals surface area contributed by atoms with Crippen LogP contribution in [0.3, 0.4) is 0 Å². The molecule has 0 bridgehead atoms. The van der Waals surface area contributed by atoms with Crippen molar-refractivity contribution in [2.45, 2.75) is 6.61 Å². The van der Waals surface area contributed by atoms with E-state index in [4.69, 9.17) is 19.3 Å². The fourth-order valence-electron chi connectivity index (χ4n) is 2.04. The van der Waals surface area contributed by atoms with Gasteiger partial charge in [-0.15, -0.1) is 0 Å². The summed E-state index contributed by atoms with van der Waals surface area (Å²) in [5.41, 5.74) is 1.64. The average molecular weight is 393 g/mol. The van der Waals surface area contributed by atoms with Crippen LogP contribution < -0.4 is 14.2 Å². The van der Waals surface area contributed by atoms with E-state index in [-0.39, 0.29) is 0 Å². The number of halogens is 1. The second-order valence-corrected chi connectivity index (χ2v) is 5.76. The molecule has 0 saturated carbocycles. The SMILES string of the molecule is COc1cc(C=CC(=O)O)cc(OC)c1OCc1ccc(Br)cc1. The lowest BCUT2D eigenvalue weighted by molar-refractivity contribution is -0.131. The van der Waals surface area contributed by atoms with Crippen molar-refractivity contribution < 1.29 is 24.1 Å². The first-order valence-electron chi connectivity index (χ1n) is 7.07. The minimum Gasteiger partial charge on any atom is -0.493 e. The van der Waals surface area contributed by atoms with Crippen LogP contribution in [0.1, 0.15) is 11.1 Å². The fraction of sp³-hybridized carbons (Fsp3) is 0.167. The minimum absolute atomic E-state index is 0.351. The van der Waals surface area contributed by atoms with Gasteiger partial charge in [0.15, 0.2) is 11.5 Å². The summed E-state index contributed by atoms with van der Waals surface area (Å²) >= 11 is 3.39. The first-order valence-corrected chi connectivity index (χ1v) is 7.87. The normalized spacial score (nSPS) is 10.6. The van der Waals surface area contributed by atoms with Gasteiger partial charge in [0.1, 0.15) is 6.61 Å². The van der Waals surface area contributed by atoms with Gasteiger partial charge in [0, 0.05) is 10.5 Å². The number of hydrogen-bond acceptors (Lipinski definition) is 4. The van der Waals surface area contributed by atoms with Gasteiger partial charge in [-0.25, -0.2) is 4.79 Å². The number of aliphatic carboxylic acids is 1. The Balaban J connectivity index is 2.27. The maximum Gasteiger partial charge on any atom is 0.328 e. The molecule has 6 heteroatoms. The van der Waals surface area contributed by atoms with Gasteiger partial charge in [-0.05, 0) is 41.5 Å². The van der Waals surface area contributed by atoms with Crippen molar-refractivity contribution in [3.8, 4) is 17.2 Å². The zero-order valence-corrected chi connectivity index (χ0v) is 14.9. The van der Waals surface area contributed by atoms with Crippen LogP contribution in [-0.4, -0.2) is 25.3 Å². The summed E-state index contributed by atoms with van der Waals surface area (Å²) < 4.78 is 17.5. The zero-order valence-electron chi connectivity index (χ0n) is 13.3. The van der Waals surface area contributed by atoms with Crippen LogP contribution in [0.2, 0.25) is 0 Å². The van der Waals surface area contributed by atoms with Crippen LogP contribution >= 0.6 is 15.9 Å². The zero-order chi connectivity index (χ0) is 17.5. The molecule has 0 heterocycles. The van der Waals surface area contributed by atoms with Crippen LogP contribution in [0.25, 0.3) is 6.08 Å². The highest BCUT2D eigenvalue weighted by Gasteiger charge is 2.14. The van der Waals surface area contributed by atoms with Crippen LogP contribution in [0.4, 0.5) is 0 Å². The van der Waals surface area contributed by atoms with Crippen molar-refractivity contribution >= 4 is 28.0 Å². The molecule has 0 spiro atoms. The maximum absolute atomic E-state index is 10.7. The van der Waals surface area contributed by atoms with Crippen molar-refractivity contribution in [1.29, 1.82) is 0 Å². The maximum atomic E-state index is 10.7. The third kappa shape index (κ3) is 4.76. The fourth-order valence-corrected chi connectivity index (χ4v) is 2.31. The molecule has 0 radical (unpaired) electrons. The van der Waals surface area contributed by atoms with Crippen molar-refractivity contribution in [3.63, 3.8) is 0 Å². The van der Waals surface area contributed by atoms with Gasteiger partial charge in [-0.1, -0.05) is 28.1 Å². The number of methoxy groups -OCH3 is 2. The molecule has 0 atom stereocenters. The highest BCUT2D eigenvalue weighted by atomic mass is 79.9. The third-order valence-electron chi connectivity index (χ3n) is 3.20. The topological polar surface area (TPSA) is 65.0 Å². The van der Waals surface area contributed by atoms with Gasteiger partial charge in [0.05, 0.1) is 14.2 Å². The number of benzene rings is 2. The highest BCUT2D eigenvalue weighted by Crippen LogP contribution is 2.39. The molecule has 0 aliphatic carbocycles.